The highest BCUT2D eigenvalue weighted by Crippen LogP contribution is 2.38. The zero-order valence-corrected chi connectivity index (χ0v) is 74.8. The molecule has 0 aliphatic carbocycles. The highest BCUT2D eigenvalue weighted by Gasteiger charge is 2.34. The molecular formula is C108H104FN7O19. The number of nitrogens with zero attached hydrogens (tertiary/aromatic N) is 7. The van der Waals surface area contributed by atoms with Gasteiger partial charge >= 0.3 is 0 Å². The minimum Gasteiger partial charge on any atom is -0.507 e. The normalized spacial score (nSPS) is 14.1. The smallest absolute Gasteiger partial charge is 0.255 e. The topological polar surface area (TPSA) is 354 Å². The summed E-state index contributed by atoms with van der Waals surface area (Å²) < 4.78 is 48.3. The Morgan fingerprint density at radius 2 is 0.793 bits per heavy atom. The molecule has 5 N–H and O–H groups in total. The van der Waals surface area contributed by atoms with Gasteiger partial charge in [0.2, 0.25) is 0 Å². The Hall–Kier alpha value is -16.5. The monoisotopic (exact) mass is 1820 g/mol. The van der Waals surface area contributed by atoms with Crippen LogP contribution in [-0.4, -0.2) is 174 Å². The van der Waals surface area contributed by atoms with Gasteiger partial charge < -0.3 is 68.7 Å². The van der Waals surface area contributed by atoms with Gasteiger partial charge in [-0.1, -0.05) is 124 Å². The number of hydrogen-bond donors (Lipinski definition) is 5. The molecule has 0 spiro atoms. The van der Waals surface area contributed by atoms with Crippen LogP contribution >= 0.6 is 0 Å². The highest BCUT2D eigenvalue weighted by molar-refractivity contribution is 6.04. The molecule has 3 atom stereocenters. The van der Waals surface area contributed by atoms with E-state index in [0.717, 1.165) is 98.5 Å². The molecule has 27 heteroatoms. The minimum atomic E-state index is -0.561. The maximum Gasteiger partial charge on any atom is 0.255 e. The largest absolute Gasteiger partial charge is 0.507 e. The van der Waals surface area contributed by atoms with Crippen molar-refractivity contribution < 1.29 is 96.7 Å². The van der Waals surface area contributed by atoms with Gasteiger partial charge in [-0.3, -0.25) is 48.3 Å². The van der Waals surface area contributed by atoms with Crippen LogP contribution in [0, 0.1) is 12.7 Å². The number of ether oxygens (including phenoxy) is 6. The van der Waals surface area contributed by atoms with Gasteiger partial charge in [-0.15, -0.1) is 0 Å². The van der Waals surface area contributed by atoms with E-state index < -0.39 is 5.82 Å². The second-order valence-corrected chi connectivity index (χ2v) is 31.1. The van der Waals surface area contributed by atoms with Gasteiger partial charge in [0.1, 0.15) is 113 Å². The molecule has 0 saturated carbocycles. The van der Waals surface area contributed by atoms with E-state index >= 15 is 0 Å². The van der Waals surface area contributed by atoms with E-state index in [9.17, 15) is 68.3 Å². The van der Waals surface area contributed by atoms with Crippen LogP contribution in [0.4, 0.5) is 4.39 Å². The van der Waals surface area contributed by atoms with Crippen molar-refractivity contribution in [2.45, 2.75) is 96.1 Å². The average Bonchev–Trinajstić information content (AvgIpc) is 0.810. The van der Waals surface area contributed by atoms with Crippen LogP contribution < -0.4 is 28.4 Å². The molecule has 3 aliphatic rings. The van der Waals surface area contributed by atoms with Gasteiger partial charge in [-0.25, -0.2) is 14.4 Å². The molecule has 3 aliphatic heterocycles. The molecule has 12 aromatic rings. The standard InChI is InChI=1S/C23H25NO5.C23H25NO4.C22H22FNO4.2C20H16N2O3/c1-3-17-20(26)10-7-12-22(17)29-15-16-8-4-5-13-24(16)23(27)18-9-6-11-21(28-2)19(18)14-25;1-3-18-21(26)11-7-12-22(18)28-15-17-9-4-5-13-24(17)23(27)19-10-6-8-16(2)20(19)14-25;1-2-18-20(26)7-5-8-21(18)28-14-17-6-3-4-11-24(17)22(27)19-12-16(23)10-9-15(19)13-25;1-2-15-19(24)9-4-10-20(15)25-13-18-16(7-5-11-21-18)17-8-3-6-14(12-23)22-17;1-2-16-19(24)7-4-8-20(16)25-13-14-9-10-21-11-17(14)18-6-3-5-15(12-23)22-18/h3,6-7,9-12,14,16,26H,1,4-5,8,13,15H2,2H3;3,6-8,10-12,14,17,26H,1,4-5,9,13,15H2,2H3;2,5,7-10,12-13,17,26H,1,3-4,6,11,14H2;2*2-12,24H,1,13H2/t16-;2*17-;;/m000../s1. The molecular weight excluding hydrogens is 1720 g/mol. The number of methoxy groups -OCH3 is 1. The average molecular weight is 1820 g/mol. The van der Waals surface area contributed by atoms with Gasteiger partial charge in [-0.05, 0) is 210 Å². The van der Waals surface area contributed by atoms with Gasteiger partial charge in [-0.2, -0.15) is 0 Å². The molecule has 692 valence electrons. The Kier molecular flexibility index (Phi) is 36.4. The number of halogens is 1. The maximum atomic E-state index is 13.7. The lowest BCUT2D eigenvalue weighted by Gasteiger charge is -2.36. The van der Waals surface area contributed by atoms with Crippen molar-refractivity contribution in [1.29, 1.82) is 0 Å². The van der Waals surface area contributed by atoms with E-state index in [-0.39, 0.29) is 108 Å². The molecule has 0 radical (unpaired) electrons. The van der Waals surface area contributed by atoms with E-state index in [0.29, 0.717) is 159 Å². The number of phenolic OH excluding ortho intramolecular Hbond substituents is 5. The highest BCUT2D eigenvalue weighted by atomic mass is 19.1. The van der Waals surface area contributed by atoms with E-state index in [1.165, 1.54) is 19.3 Å². The number of aromatic nitrogens is 4. The fourth-order valence-electron chi connectivity index (χ4n) is 15.7. The number of rotatable bonds is 31. The zero-order chi connectivity index (χ0) is 96.3. The fraction of sp³-hybridized carbons (Fsp3) is 0.204. The van der Waals surface area contributed by atoms with E-state index in [2.05, 4.69) is 52.8 Å². The molecule has 3 fully saturated rings. The summed E-state index contributed by atoms with van der Waals surface area (Å²) in [5.74, 6) is 2.18. The zero-order valence-electron chi connectivity index (χ0n) is 74.8. The number of pyridine rings is 4. The summed E-state index contributed by atoms with van der Waals surface area (Å²) in [6.45, 7) is 23.4. The number of aromatic hydroxyl groups is 5. The van der Waals surface area contributed by atoms with Crippen molar-refractivity contribution in [2.75, 3.05) is 46.6 Å². The quantitative estimate of drug-likeness (QED) is 0.0252. The summed E-state index contributed by atoms with van der Waals surface area (Å²) in [5, 5.41) is 49.6. The van der Waals surface area contributed by atoms with Crippen molar-refractivity contribution >= 4 is 79.5 Å². The van der Waals surface area contributed by atoms with Crippen LogP contribution in [0.2, 0.25) is 0 Å². The number of phenols is 5. The van der Waals surface area contributed by atoms with Crippen LogP contribution in [0.15, 0.2) is 252 Å². The van der Waals surface area contributed by atoms with Crippen molar-refractivity contribution in [3.63, 3.8) is 0 Å². The first-order chi connectivity index (χ1) is 65.7. The number of aldehydes is 5. The Balaban J connectivity index is 0.000000162. The number of benzene rings is 8. The number of amides is 3. The number of piperidine rings is 3. The van der Waals surface area contributed by atoms with E-state index in [4.69, 9.17) is 28.4 Å². The van der Waals surface area contributed by atoms with E-state index in [1.807, 2.05) is 42.2 Å². The maximum absolute atomic E-state index is 13.7. The molecule has 15 rings (SSSR count). The summed E-state index contributed by atoms with van der Waals surface area (Å²) in [4.78, 5) is 118. The predicted molar refractivity (Wildman–Crippen MR) is 515 cm³/mol. The number of carbonyl (C=O) groups is 8. The first-order valence-corrected chi connectivity index (χ1v) is 43.6. The Morgan fingerprint density at radius 3 is 1.21 bits per heavy atom. The van der Waals surface area contributed by atoms with Crippen molar-refractivity contribution in [3.05, 3.63) is 347 Å². The minimum absolute atomic E-state index is 0.0611. The molecule has 135 heavy (non-hydrogen) atoms. The Labute approximate surface area is 781 Å². The van der Waals surface area contributed by atoms with Crippen LogP contribution in [0.25, 0.3) is 52.9 Å². The SMILES string of the molecule is C=Cc1c(O)cccc1OC[C@@H]1CCCCN1C(=O)c1cc(F)ccc1C=O.C=Cc1c(O)cccc1OC[C@@H]1CCCCN1C(=O)c1cccc(C)c1C=O.C=Cc1c(O)cccc1OC[C@@H]1CCCCN1C(=O)c1cccc(OC)c1C=O.C=Cc1c(O)cccc1OCc1ccncc1-c1cccc(C=O)n1.C=Cc1c(O)cccc1OCc1ncccc1-c1cccc(C=O)n1. The van der Waals surface area contributed by atoms with Crippen molar-refractivity contribution in [2.24, 2.45) is 0 Å². The summed E-state index contributed by atoms with van der Waals surface area (Å²) in [5.41, 5.74) is 10.2. The van der Waals surface area contributed by atoms with Crippen LogP contribution in [0.5, 0.6) is 63.2 Å². The Morgan fingerprint density at radius 1 is 0.400 bits per heavy atom. The second-order valence-electron chi connectivity index (χ2n) is 31.1. The lowest BCUT2D eigenvalue weighted by Crippen LogP contribution is -2.47. The summed E-state index contributed by atoms with van der Waals surface area (Å²) in [6, 6.07) is 54.6. The molecule has 0 unspecified atom stereocenters. The number of likely N-dealkylation sites (tertiary alicyclic amines) is 3. The molecule has 7 heterocycles. The third-order valence-electron chi connectivity index (χ3n) is 22.8. The third-order valence-corrected chi connectivity index (χ3v) is 22.8. The summed E-state index contributed by atoms with van der Waals surface area (Å²) >= 11 is 0. The molecule has 8 aromatic carbocycles. The van der Waals surface area contributed by atoms with Crippen LogP contribution in [0.3, 0.4) is 0 Å². The second kappa shape index (κ2) is 49.5. The molecule has 0 bridgehead atoms. The fourth-order valence-corrected chi connectivity index (χ4v) is 15.7. The molecule has 4 aromatic heterocycles. The Bertz CT molecular complexity index is 6040. The van der Waals surface area contributed by atoms with Crippen molar-refractivity contribution in [3.8, 4) is 85.8 Å². The molecule has 3 saturated heterocycles. The summed E-state index contributed by atoms with van der Waals surface area (Å²) in [6.07, 6.45) is 24.1. The van der Waals surface area contributed by atoms with Crippen molar-refractivity contribution in [1.82, 2.24) is 34.6 Å². The first-order valence-electron chi connectivity index (χ1n) is 43.6. The van der Waals surface area contributed by atoms with Gasteiger partial charge in [0.05, 0.1) is 92.4 Å². The van der Waals surface area contributed by atoms with E-state index in [1.54, 1.807) is 204 Å². The molecule has 26 nitrogen and oxygen atoms in total. The van der Waals surface area contributed by atoms with Gasteiger partial charge in [0, 0.05) is 66.0 Å². The third kappa shape index (κ3) is 25.4. The number of hydrogen-bond acceptors (Lipinski definition) is 23. The predicted octanol–water partition coefficient (Wildman–Crippen LogP) is 20.0. The summed E-state index contributed by atoms with van der Waals surface area (Å²) in [7, 11) is 1.47. The van der Waals surface area contributed by atoms with Gasteiger partial charge in [0.15, 0.2) is 31.4 Å². The number of carbonyl (C=O) groups excluding carboxylic acids is 8. The lowest BCUT2D eigenvalue weighted by atomic mass is 9.98. The molecule has 3 amide bonds. The van der Waals surface area contributed by atoms with Crippen LogP contribution in [0.1, 0.15) is 186 Å². The lowest BCUT2D eigenvalue weighted by molar-refractivity contribution is 0.0521. The van der Waals surface area contributed by atoms with Gasteiger partial charge in [0.25, 0.3) is 17.7 Å². The first kappa shape index (κ1) is 99.1. The van der Waals surface area contributed by atoms with Crippen LogP contribution in [-0.2, 0) is 13.2 Å². The number of aryl methyl sites for hydroxylation is 1.